The van der Waals surface area contributed by atoms with Gasteiger partial charge in [-0.2, -0.15) is 18.3 Å². The number of amides is 1. The van der Waals surface area contributed by atoms with Crippen LogP contribution in [0.15, 0.2) is 48.8 Å². The molecule has 0 aliphatic heterocycles. The fourth-order valence-corrected chi connectivity index (χ4v) is 3.02. The Labute approximate surface area is 184 Å². The number of nitrogens with one attached hydrogen (secondary N) is 1. The van der Waals surface area contributed by atoms with Crippen molar-refractivity contribution < 1.29 is 22.7 Å². The van der Waals surface area contributed by atoms with E-state index in [4.69, 9.17) is 4.74 Å². The summed E-state index contributed by atoms with van der Waals surface area (Å²) in [6.45, 7) is 8.62. The zero-order chi connectivity index (χ0) is 23.5. The van der Waals surface area contributed by atoms with Gasteiger partial charge in [-0.15, -0.1) is 0 Å². The maximum atomic E-state index is 12.7. The first-order chi connectivity index (χ1) is 15.0. The summed E-state index contributed by atoms with van der Waals surface area (Å²) in [4.78, 5) is 16.3. The minimum absolute atomic E-state index is 0.0602. The summed E-state index contributed by atoms with van der Waals surface area (Å²) in [5, 5.41) is 6.84. The first-order valence-electron chi connectivity index (χ1n) is 10.1. The van der Waals surface area contributed by atoms with E-state index < -0.39 is 11.7 Å². The number of nitrogens with zero attached hydrogens (tertiary/aromatic N) is 3. The average molecular weight is 446 g/mol. The highest BCUT2D eigenvalue weighted by Gasteiger charge is 2.30. The molecule has 0 unspecified atom stereocenters. The van der Waals surface area contributed by atoms with Crippen LogP contribution in [0.5, 0.6) is 5.75 Å². The topological polar surface area (TPSA) is 69.0 Å². The molecule has 6 nitrogen and oxygen atoms in total. The average Bonchev–Trinajstić information content (AvgIpc) is 3.11. The van der Waals surface area contributed by atoms with E-state index in [0.717, 1.165) is 12.3 Å². The number of halogens is 3. The highest BCUT2D eigenvalue weighted by Crippen LogP contribution is 2.29. The molecule has 0 saturated carbocycles. The summed E-state index contributed by atoms with van der Waals surface area (Å²) in [5.74, 6) is 0.550. The molecule has 32 heavy (non-hydrogen) atoms. The molecule has 1 amide bonds. The maximum absolute atomic E-state index is 12.7. The maximum Gasteiger partial charge on any atom is 0.417 e. The van der Waals surface area contributed by atoms with Crippen LogP contribution in [0, 0.1) is 6.92 Å². The number of ether oxygens (including phenoxy) is 1. The Morgan fingerprint density at radius 3 is 2.25 bits per heavy atom. The molecule has 0 spiro atoms. The van der Waals surface area contributed by atoms with Crippen LogP contribution in [0.4, 0.5) is 13.2 Å². The zero-order valence-electron chi connectivity index (χ0n) is 18.3. The van der Waals surface area contributed by atoms with E-state index >= 15 is 0 Å². The molecule has 0 aliphatic carbocycles. The minimum Gasteiger partial charge on any atom is -0.492 e. The molecule has 3 rings (SSSR count). The van der Waals surface area contributed by atoms with Gasteiger partial charge in [0.1, 0.15) is 12.4 Å². The lowest BCUT2D eigenvalue weighted by Gasteiger charge is -2.19. The number of pyridine rings is 1. The monoisotopic (exact) mass is 446 g/mol. The third kappa shape index (κ3) is 5.46. The van der Waals surface area contributed by atoms with Gasteiger partial charge in [-0.25, -0.2) is 9.67 Å². The number of benzene rings is 1. The van der Waals surface area contributed by atoms with Crippen LogP contribution < -0.4 is 10.1 Å². The molecule has 1 N–H and O–H groups in total. The smallest absolute Gasteiger partial charge is 0.417 e. The van der Waals surface area contributed by atoms with Crippen molar-refractivity contribution in [3.63, 3.8) is 0 Å². The summed E-state index contributed by atoms with van der Waals surface area (Å²) >= 11 is 0. The summed E-state index contributed by atoms with van der Waals surface area (Å²) < 4.78 is 45.1. The van der Waals surface area contributed by atoms with E-state index in [1.807, 2.05) is 24.3 Å². The summed E-state index contributed by atoms with van der Waals surface area (Å²) in [5.41, 5.74) is 1.19. The van der Waals surface area contributed by atoms with Crippen molar-refractivity contribution in [2.24, 2.45) is 0 Å². The van der Waals surface area contributed by atoms with Crippen LogP contribution in [-0.2, 0) is 11.6 Å². The zero-order valence-corrected chi connectivity index (χ0v) is 18.3. The van der Waals surface area contributed by atoms with Crippen molar-refractivity contribution in [1.29, 1.82) is 0 Å². The van der Waals surface area contributed by atoms with Crippen LogP contribution in [0.1, 0.15) is 48.0 Å². The molecule has 3 aromatic rings. The second-order valence-corrected chi connectivity index (χ2v) is 8.34. The van der Waals surface area contributed by atoms with Gasteiger partial charge in [-0.1, -0.05) is 32.9 Å². The van der Waals surface area contributed by atoms with E-state index in [-0.39, 0.29) is 30.3 Å². The summed E-state index contributed by atoms with van der Waals surface area (Å²) in [7, 11) is 0. The molecule has 0 aliphatic rings. The lowest BCUT2D eigenvalue weighted by Crippen LogP contribution is -2.28. The molecule has 9 heteroatoms. The SMILES string of the molecule is Cc1c(C(=O)NCCOc2ccc(C(C)(C)C)cc2)cnn1-c1ccc(C(F)(F)F)cn1. The predicted molar refractivity (Wildman–Crippen MR) is 114 cm³/mol. The first-order valence-corrected chi connectivity index (χ1v) is 10.1. The van der Waals surface area contributed by atoms with Gasteiger partial charge in [-0.05, 0) is 42.2 Å². The predicted octanol–water partition coefficient (Wildman–Crippen LogP) is 4.70. The lowest BCUT2D eigenvalue weighted by molar-refractivity contribution is -0.137. The first kappa shape index (κ1) is 23.3. The molecule has 2 heterocycles. The molecular weight excluding hydrogens is 421 g/mol. The molecule has 0 fully saturated rings. The van der Waals surface area contributed by atoms with Gasteiger partial charge >= 0.3 is 6.18 Å². The number of hydrogen-bond donors (Lipinski definition) is 1. The molecular formula is C23H25F3N4O2. The highest BCUT2D eigenvalue weighted by atomic mass is 19.4. The van der Waals surface area contributed by atoms with Crippen LogP contribution in [0.3, 0.4) is 0 Å². The van der Waals surface area contributed by atoms with Gasteiger partial charge in [0.05, 0.1) is 29.6 Å². The fourth-order valence-electron chi connectivity index (χ4n) is 3.02. The Morgan fingerprint density at radius 1 is 1.03 bits per heavy atom. The normalized spacial score (nSPS) is 12.0. The van der Waals surface area contributed by atoms with Crippen LogP contribution in [0.2, 0.25) is 0 Å². The van der Waals surface area contributed by atoms with Crippen molar-refractivity contribution in [2.75, 3.05) is 13.2 Å². The van der Waals surface area contributed by atoms with Gasteiger partial charge in [0.2, 0.25) is 0 Å². The van der Waals surface area contributed by atoms with E-state index in [2.05, 4.69) is 36.2 Å². The molecule has 0 radical (unpaired) electrons. The number of aromatic nitrogens is 3. The van der Waals surface area contributed by atoms with Crippen molar-refractivity contribution in [2.45, 2.75) is 39.3 Å². The Morgan fingerprint density at radius 2 is 1.69 bits per heavy atom. The fraction of sp³-hybridized carbons (Fsp3) is 0.348. The Kier molecular flexibility index (Phi) is 6.57. The van der Waals surface area contributed by atoms with Crippen molar-refractivity contribution in [3.05, 3.63) is 71.2 Å². The van der Waals surface area contributed by atoms with Crippen LogP contribution >= 0.6 is 0 Å². The van der Waals surface area contributed by atoms with Gasteiger partial charge in [0, 0.05) is 6.20 Å². The van der Waals surface area contributed by atoms with Crippen molar-refractivity contribution >= 4 is 5.91 Å². The van der Waals surface area contributed by atoms with E-state index in [0.29, 0.717) is 17.0 Å². The molecule has 0 saturated heterocycles. The van der Waals surface area contributed by atoms with E-state index in [9.17, 15) is 18.0 Å². The molecule has 2 aromatic heterocycles. The molecule has 0 atom stereocenters. The van der Waals surface area contributed by atoms with Crippen LogP contribution in [-0.4, -0.2) is 33.8 Å². The minimum atomic E-state index is -4.47. The van der Waals surface area contributed by atoms with Gasteiger partial charge in [0.15, 0.2) is 5.82 Å². The Bertz CT molecular complexity index is 1070. The van der Waals surface area contributed by atoms with Gasteiger partial charge in [-0.3, -0.25) is 4.79 Å². The summed E-state index contributed by atoms with van der Waals surface area (Å²) in [6, 6.07) is 9.96. The number of carbonyl (C=O) groups excluding carboxylic acids is 1. The van der Waals surface area contributed by atoms with Crippen LogP contribution in [0.25, 0.3) is 5.82 Å². The third-order valence-electron chi connectivity index (χ3n) is 4.92. The van der Waals surface area contributed by atoms with E-state index in [1.165, 1.54) is 22.5 Å². The van der Waals surface area contributed by atoms with Gasteiger partial charge in [0.25, 0.3) is 5.91 Å². The Hall–Kier alpha value is -3.36. The highest BCUT2D eigenvalue weighted by molar-refractivity contribution is 5.95. The van der Waals surface area contributed by atoms with E-state index in [1.54, 1.807) is 6.92 Å². The molecule has 170 valence electrons. The molecule has 0 bridgehead atoms. The largest absolute Gasteiger partial charge is 0.492 e. The number of alkyl halides is 3. The standard InChI is InChI=1S/C23H25F3N4O2/c1-15-19(14-29-30(15)20-10-7-17(13-28-20)23(24,25)26)21(31)27-11-12-32-18-8-5-16(6-9-18)22(2,3)4/h5-10,13-14H,11-12H2,1-4H3,(H,27,31). The Balaban J connectivity index is 1.56. The quantitative estimate of drug-likeness (QED) is 0.558. The van der Waals surface area contributed by atoms with Crippen molar-refractivity contribution in [3.8, 4) is 11.6 Å². The molecule has 1 aromatic carbocycles. The second kappa shape index (κ2) is 9.02. The van der Waals surface area contributed by atoms with Crippen molar-refractivity contribution in [1.82, 2.24) is 20.1 Å². The number of carbonyl (C=O) groups is 1. The summed E-state index contributed by atoms with van der Waals surface area (Å²) in [6.07, 6.45) is -2.37. The lowest BCUT2D eigenvalue weighted by atomic mass is 9.87. The number of rotatable bonds is 6. The third-order valence-corrected chi connectivity index (χ3v) is 4.92. The second-order valence-electron chi connectivity index (χ2n) is 8.34. The van der Waals surface area contributed by atoms with Gasteiger partial charge < -0.3 is 10.1 Å². The number of hydrogen-bond acceptors (Lipinski definition) is 4.